The summed E-state index contributed by atoms with van der Waals surface area (Å²) in [5, 5.41) is 21.7. The van der Waals surface area contributed by atoms with E-state index in [9.17, 15) is 19.7 Å². The number of carbonyl (C=O) groups is 2. The minimum Gasteiger partial charge on any atom is -0.490 e. The Labute approximate surface area is 154 Å². The molecule has 0 aliphatic heterocycles. The van der Waals surface area contributed by atoms with Crippen molar-refractivity contribution in [3.8, 4) is 11.8 Å². The molecule has 0 bridgehead atoms. The molecule has 0 heterocycles. The van der Waals surface area contributed by atoms with Crippen LogP contribution in [0.25, 0.3) is 0 Å². The minimum absolute atomic E-state index is 0.0223. The summed E-state index contributed by atoms with van der Waals surface area (Å²) in [7, 11) is 0. The topological polar surface area (TPSA) is 132 Å². The molecule has 0 atom stereocenters. The quantitative estimate of drug-likeness (QED) is 0.325. The van der Waals surface area contributed by atoms with Gasteiger partial charge in [-0.15, -0.1) is 0 Å². The molecule has 2 aromatic rings. The zero-order valence-corrected chi connectivity index (χ0v) is 14.1. The van der Waals surface area contributed by atoms with Gasteiger partial charge in [0.1, 0.15) is 25.5 Å². The fraction of sp³-hybridized carbons (Fsp3) is 0.167. The molecule has 0 spiro atoms. The van der Waals surface area contributed by atoms with Gasteiger partial charge in [0.2, 0.25) is 0 Å². The number of nitro benzene ring substituents is 1. The van der Waals surface area contributed by atoms with E-state index in [0.717, 1.165) is 6.07 Å². The number of ether oxygens (including phenoxy) is 2. The molecule has 0 radical (unpaired) electrons. The van der Waals surface area contributed by atoms with E-state index in [-0.39, 0.29) is 31.0 Å². The Morgan fingerprint density at radius 2 is 1.89 bits per heavy atom. The van der Waals surface area contributed by atoms with Gasteiger partial charge in [-0.2, -0.15) is 5.26 Å². The van der Waals surface area contributed by atoms with Gasteiger partial charge in [0, 0.05) is 17.7 Å². The average Bonchev–Trinajstić information content (AvgIpc) is 2.70. The lowest BCUT2D eigenvalue weighted by Gasteiger charge is -2.08. The third-order valence-electron chi connectivity index (χ3n) is 3.31. The van der Waals surface area contributed by atoms with Crippen molar-refractivity contribution < 1.29 is 24.0 Å². The lowest BCUT2D eigenvalue weighted by atomic mass is 10.2. The standard InChI is InChI=1S/C18H15N3O6/c19-11-13-4-6-16(7-5-13)26-8-9-27-17(22)12-20-18(23)14-2-1-3-15(10-14)21(24)25/h1-7,10H,8-9,12H2,(H,20,23). The first-order valence-electron chi connectivity index (χ1n) is 7.81. The second-order valence-corrected chi connectivity index (χ2v) is 5.20. The van der Waals surface area contributed by atoms with E-state index in [4.69, 9.17) is 14.7 Å². The fourth-order valence-corrected chi connectivity index (χ4v) is 2.01. The number of rotatable bonds is 8. The molecule has 0 fully saturated rings. The molecule has 2 aromatic carbocycles. The predicted octanol–water partition coefficient (Wildman–Crippen LogP) is 1.82. The van der Waals surface area contributed by atoms with E-state index >= 15 is 0 Å². The van der Waals surface area contributed by atoms with Crippen molar-refractivity contribution in [3.63, 3.8) is 0 Å². The second-order valence-electron chi connectivity index (χ2n) is 5.20. The summed E-state index contributed by atoms with van der Waals surface area (Å²) < 4.78 is 10.3. The van der Waals surface area contributed by atoms with E-state index in [1.807, 2.05) is 6.07 Å². The fourth-order valence-electron chi connectivity index (χ4n) is 2.01. The highest BCUT2D eigenvalue weighted by molar-refractivity contribution is 5.96. The molecule has 27 heavy (non-hydrogen) atoms. The van der Waals surface area contributed by atoms with E-state index in [0.29, 0.717) is 11.3 Å². The van der Waals surface area contributed by atoms with Crippen molar-refractivity contribution in [3.05, 3.63) is 69.8 Å². The Bertz CT molecular complexity index is 873. The van der Waals surface area contributed by atoms with Crippen molar-refractivity contribution in [1.29, 1.82) is 5.26 Å². The van der Waals surface area contributed by atoms with Crippen molar-refractivity contribution in [2.75, 3.05) is 19.8 Å². The summed E-state index contributed by atoms with van der Waals surface area (Å²) in [6.07, 6.45) is 0. The Balaban J connectivity index is 1.69. The number of benzene rings is 2. The summed E-state index contributed by atoms with van der Waals surface area (Å²) in [5.74, 6) is -0.759. The molecule has 0 saturated heterocycles. The lowest BCUT2D eigenvalue weighted by Crippen LogP contribution is -2.31. The second kappa shape index (κ2) is 9.53. The maximum Gasteiger partial charge on any atom is 0.325 e. The first-order valence-corrected chi connectivity index (χ1v) is 7.81. The van der Waals surface area contributed by atoms with Gasteiger partial charge in [-0.3, -0.25) is 19.7 Å². The molecule has 9 heteroatoms. The first-order chi connectivity index (χ1) is 13.0. The SMILES string of the molecule is N#Cc1ccc(OCCOC(=O)CNC(=O)c2cccc([N+](=O)[O-])c2)cc1. The predicted molar refractivity (Wildman–Crippen MR) is 93.0 cm³/mol. The largest absolute Gasteiger partial charge is 0.490 e. The Hall–Kier alpha value is -3.93. The summed E-state index contributed by atoms with van der Waals surface area (Å²) in [4.78, 5) is 33.6. The van der Waals surface area contributed by atoms with Gasteiger partial charge >= 0.3 is 5.97 Å². The van der Waals surface area contributed by atoms with Crippen LogP contribution in [0.15, 0.2) is 48.5 Å². The van der Waals surface area contributed by atoms with Crippen molar-refractivity contribution in [2.45, 2.75) is 0 Å². The number of non-ortho nitro benzene ring substituents is 1. The summed E-state index contributed by atoms with van der Waals surface area (Å²) in [5.41, 5.74) is 0.361. The number of carbonyl (C=O) groups excluding carboxylic acids is 2. The normalized spacial score (nSPS) is 9.74. The highest BCUT2D eigenvalue weighted by Gasteiger charge is 2.12. The molecule has 2 rings (SSSR count). The third kappa shape index (κ3) is 6.13. The maximum atomic E-state index is 11.9. The molecular weight excluding hydrogens is 354 g/mol. The van der Waals surface area contributed by atoms with Crippen molar-refractivity contribution in [1.82, 2.24) is 5.32 Å². The van der Waals surface area contributed by atoms with Crippen LogP contribution in [-0.4, -0.2) is 36.6 Å². The lowest BCUT2D eigenvalue weighted by molar-refractivity contribution is -0.384. The van der Waals surface area contributed by atoms with Crippen LogP contribution in [0.2, 0.25) is 0 Å². The van der Waals surface area contributed by atoms with Crippen molar-refractivity contribution in [2.24, 2.45) is 0 Å². The Morgan fingerprint density at radius 1 is 1.15 bits per heavy atom. The molecule has 138 valence electrons. The minimum atomic E-state index is -0.669. The Kier molecular flexibility index (Phi) is 6.84. The van der Waals surface area contributed by atoms with E-state index in [1.54, 1.807) is 24.3 Å². The number of nitrogens with zero attached hydrogens (tertiary/aromatic N) is 2. The van der Waals surface area contributed by atoms with Crippen molar-refractivity contribution >= 4 is 17.6 Å². The molecule has 0 aliphatic carbocycles. The molecule has 1 amide bonds. The Morgan fingerprint density at radius 3 is 2.56 bits per heavy atom. The number of amides is 1. The summed E-state index contributed by atoms with van der Waals surface area (Å²) in [6.45, 7) is -0.291. The molecule has 0 unspecified atom stereocenters. The van der Waals surface area contributed by atoms with Gasteiger partial charge < -0.3 is 14.8 Å². The molecular formula is C18H15N3O6. The molecule has 0 aliphatic rings. The van der Waals surface area contributed by atoms with Crippen LogP contribution in [0.3, 0.4) is 0 Å². The zero-order valence-electron chi connectivity index (χ0n) is 14.1. The van der Waals surface area contributed by atoms with Crippen LogP contribution >= 0.6 is 0 Å². The van der Waals surface area contributed by atoms with Gasteiger partial charge in [0.25, 0.3) is 11.6 Å². The number of nitriles is 1. The number of hydrogen-bond acceptors (Lipinski definition) is 7. The van der Waals surface area contributed by atoms with Gasteiger partial charge in [0.05, 0.1) is 16.6 Å². The highest BCUT2D eigenvalue weighted by atomic mass is 16.6. The average molecular weight is 369 g/mol. The van der Waals surface area contributed by atoms with Gasteiger partial charge in [0.15, 0.2) is 0 Å². The van der Waals surface area contributed by atoms with Crippen LogP contribution in [0, 0.1) is 21.4 Å². The van der Waals surface area contributed by atoms with Crippen LogP contribution < -0.4 is 10.1 Å². The number of esters is 1. The molecule has 9 nitrogen and oxygen atoms in total. The van der Waals surface area contributed by atoms with E-state index in [1.165, 1.54) is 18.2 Å². The summed E-state index contributed by atoms with van der Waals surface area (Å²) in [6, 6.07) is 13.6. The smallest absolute Gasteiger partial charge is 0.325 e. The van der Waals surface area contributed by atoms with Crippen LogP contribution in [0.4, 0.5) is 5.69 Å². The summed E-state index contributed by atoms with van der Waals surface area (Å²) >= 11 is 0. The van der Waals surface area contributed by atoms with E-state index < -0.39 is 16.8 Å². The molecule has 1 N–H and O–H groups in total. The van der Waals surface area contributed by atoms with Gasteiger partial charge in [-0.1, -0.05) is 6.07 Å². The number of hydrogen-bond donors (Lipinski definition) is 1. The highest BCUT2D eigenvalue weighted by Crippen LogP contribution is 2.13. The third-order valence-corrected chi connectivity index (χ3v) is 3.31. The maximum absolute atomic E-state index is 11.9. The number of nitro groups is 1. The van der Waals surface area contributed by atoms with Gasteiger partial charge in [-0.05, 0) is 30.3 Å². The van der Waals surface area contributed by atoms with Crippen LogP contribution in [0.5, 0.6) is 5.75 Å². The van der Waals surface area contributed by atoms with E-state index in [2.05, 4.69) is 5.32 Å². The first kappa shape index (κ1) is 19.4. The molecule has 0 saturated carbocycles. The van der Waals surface area contributed by atoms with Crippen LogP contribution in [0.1, 0.15) is 15.9 Å². The molecule has 0 aromatic heterocycles. The van der Waals surface area contributed by atoms with Crippen LogP contribution in [-0.2, 0) is 9.53 Å². The zero-order chi connectivity index (χ0) is 19.6. The van der Waals surface area contributed by atoms with Gasteiger partial charge in [-0.25, -0.2) is 0 Å². The number of nitrogens with one attached hydrogen (secondary N) is 1. The monoisotopic (exact) mass is 369 g/mol.